The standard InChI is InChI=1S/C13H14BrNO3S/c1-18-11-4-2-3-10(14)12(11)19(16,17)8-7-13(9-15)5-6-13/h2-4H,5-8H2,1H3. The van der Waals surface area contributed by atoms with Gasteiger partial charge in [0.15, 0.2) is 9.84 Å². The molecule has 0 saturated heterocycles. The van der Waals surface area contributed by atoms with E-state index in [9.17, 15) is 8.42 Å². The van der Waals surface area contributed by atoms with Crippen LogP contribution >= 0.6 is 15.9 Å². The summed E-state index contributed by atoms with van der Waals surface area (Å²) in [5.41, 5.74) is -0.415. The van der Waals surface area contributed by atoms with Crippen molar-refractivity contribution in [3.8, 4) is 11.8 Å². The number of rotatable bonds is 5. The Morgan fingerprint density at radius 1 is 1.47 bits per heavy atom. The van der Waals surface area contributed by atoms with Crippen LogP contribution in [0.1, 0.15) is 19.3 Å². The number of benzene rings is 1. The first-order chi connectivity index (χ1) is 8.94. The number of halogens is 1. The molecule has 1 fully saturated rings. The van der Waals surface area contributed by atoms with Gasteiger partial charge in [0.1, 0.15) is 10.6 Å². The Morgan fingerprint density at radius 3 is 2.68 bits per heavy atom. The zero-order chi connectivity index (χ0) is 14.1. The predicted molar refractivity (Wildman–Crippen MR) is 74.6 cm³/mol. The molecule has 1 saturated carbocycles. The molecule has 1 aliphatic carbocycles. The molecule has 6 heteroatoms. The summed E-state index contributed by atoms with van der Waals surface area (Å²) in [6, 6.07) is 7.23. The lowest BCUT2D eigenvalue weighted by Crippen LogP contribution is -2.13. The van der Waals surface area contributed by atoms with E-state index >= 15 is 0 Å². The molecule has 0 aliphatic heterocycles. The Morgan fingerprint density at radius 2 is 2.16 bits per heavy atom. The highest BCUT2D eigenvalue weighted by Gasteiger charge is 2.44. The fourth-order valence-electron chi connectivity index (χ4n) is 1.95. The van der Waals surface area contributed by atoms with Gasteiger partial charge in [0.25, 0.3) is 0 Å². The molecular formula is C13H14BrNO3S. The molecule has 0 unspecified atom stereocenters. The van der Waals surface area contributed by atoms with Gasteiger partial charge in [-0.05, 0) is 47.3 Å². The average Bonchev–Trinajstić information content (AvgIpc) is 3.16. The van der Waals surface area contributed by atoms with E-state index in [1.807, 2.05) is 0 Å². The molecule has 1 aromatic carbocycles. The molecular weight excluding hydrogens is 330 g/mol. The molecule has 0 N–H and O–H groups in total. The molecule has 1 aromatic rings. The molecule has 0 bridgehead atoms. The minimum atomic E-state index is -3.46. The lowest BCUT2D eigenvalue weighted by molar-refractivity contribution is 0.402. The molecule has 0 heterocycles. The van der Waals surface area contributed by atoms with Gasteiger partial charge in [-0.1, -0.05) is 6.07 Å². The summed E-state index contributed by atoms with van der Waals surface area (Å²) in [6.07, 6.45) is 1.98. The van der Waals surface area contributed by atoms with Crippen LogP contribution in [0, 0.1) is 16.7 Å². The van der Waals surface area contributed by atoms with Crippen LogP contribution in [-0.2, 0) is 9.84 Å². The summed E-state index contributed by atoms with van der Waals surface area (Å²) >= 11 is 3.25. The number of ether oxygens (including phenoxy) is 1. The lowest BCUT2D eigenvalue weighted by atomic mass is 10.1. The third-order valence-electron chi connectivity index (χ3n) is 3.40. The zero-order valence-corrected chi connectivity index (χ0v) is 12.9. The first-order valence-electron chi connectivity index (χ1n) is 5.91. The van der Waals surface area contributed by atoms with Gasteiger partial charge in [0.2, 0.25) is 0 Å². The van der Waals surface area contributed by atoms with Crippen LogP contribution in [-0.4, -0.2) is 21.3 Å². The predicted octanol–water partition coefficient (Wildman–Crippen LogP) is 2.93. The second-order valence-corrected chi connectivity index (χ2v) is 7.63. The fraction of sp³-hybridized carbons (Fsp3) is 0.462. The Kier molecular flexibility index (Phi) is 3.88. The summed E-state index contributed by atoms with van der Waals surface area (Å²) in [5.74, 6) is 0.302. The number of nitrogens with zero attached hydrogens (tertiary/aromatic N) is 1. The van der Waals surface area contributed by atoms with Gasteiger partial charge >= 0.3 is 0 Å². The van der Waals surface area contributed by atoms with E-state index < -0.39 is 15.3 Å². The van der Waals surface area contributed by atoms with Crippen LogP contribution in [0.25, 0.3) is 0 Å². The maximum Gasteiger partial charge on any atom is 0.183 e. The third-order valence-corrected chi connectivity index (χ3v) is 6.11. The van der Waals surface area contributed by atoms with Gasteiger partial charge in [0, 0.05) is 4.47 Å². The van der Waals surface area contributed by atoms with Crippen molar-refractivity contribution in [1.29, 1.82) is 5.26 Å². The van der Waals surface area contributed by atoms with E-state index in [-0.39, 0.29) is 10.6 Å². The lowest BCUT2D eigenvalue weighted by Gasteiger charge is -2.12. The minimum Gasteiger partial charge on any atom is -0.495 e. The number of methoxy groups -OCH3 is 1. The van der Waals surface area contributed by atoms with Gasteiger partial charge in [-0.3, -0.25) is 0 Å². The fourth-order valence-corrected chi connectivity index (χ4v) is 4.73. The van der Waals surface area contributed by atoms with Crippen molar-refractivity contribution in [2.75, 3.05) is 12.9 Å². The monoisotopic (exact) mass is 343 g/mol. The summed E-state index contributed by atoms with van der Waals surface area (Å²) in [7, 11) is -2.02. The maximum absolute atomic E-state index is 12.4. The van der Waals surface area contributed by atoms with Crippen molar-refractivity contribution in [3.05, 3.63) is 22.7 Å². The van der Waals surface area contributed by atoms with Crippen molar-refractivity contribution in [2.24, 2.45) is 5.41 Å². The van der Waals surface area contributed by atoms with E-state index in [1.165, 1.54) is 7.11 Å². The third kappa shape index (κ3) is 2.93. The highest BCUT2D eigenvalue weighted by Crippen LogP contribution is 2.48. The molecule has 0 amide bonds. The van der Waals surface area contributed by atoms with Crippen molar-refractivity contribution < 1.29 is 13.2 Å². The highest BCUT2D eigenvalue weighted by atomic mass is 79.9. The van der Waals surface area contributed by atoms with Gasteiger partial charge in [-0.25, -0.2) is 8.42 Å². The van der Waals surface area contributed by atoms with E-state index in [1.54, 1.807) is 18.2 Å². The summed E-state index contributed by atoms with van der Waals surface area (Å²) in [5, 5.41) is 9.00. The quantitative estimate of drug-likeness (QED) is 0.824. The van der Waals surface area contributed by atoms with Crippen molar-refractivity contribution in [1.82, 2.24) is 0 Å². The van der Waals surface area contributed by atoms with Gasteiger partial charge in [-0.15, -0.1) is 0 Å². The topological polar surface area (TPSA) is 67.2 Å². The maximum atomic E-state index is 12.4. The van der Waals surface area contributed by atoms with Crippen molar-refractivity contribution >= 4 is 25.8 Å². The SMILES string of the molecule is COc1cccc(Br)c1S(=O)(=O)CCC1(C#N)CC1. The van der Waals surface area contributed by atoms with E-state index in [0.717, 1.165) is 12.8 Å². The van der Waals surface area contributed by atoms with Crippen LogP contribution in [0.5, 0.6) is 5.75 Å². The molecule has 2 rings (SSSR count). The van der Waals surface area contributed by atoms with E-state index in [4.69, 9.17) is 10.00 Å². The van der Waals surface area contributed by atoms with Crippen LogP contribution in [0.4, 0.5) is 0 Å². The van der Waals surface area contributed by atoms with Crippen molar-refractivity contribution in [3.63, 3.8) is 0 Å². The Bertz CT molecular complexity index is 630. The molecule has 0 atom stereocenters. The minimum absolute atomic E-state index is 0.0282. The molecule has 0 spiro atoms. The van der Waals surface area contributed by atoms with Crippen molar-refractivity contribution in [2.45, 2.75) is 24.2 Å². The molecule has 0 radical (unpaired) electrons. The second kappa shape index (κ2) is 5.14. The molecule has 102 valence electrons. The molecule has 4 nitrogen and oxygen atoms in total. The molecule has 1 aliphatic rings. The van der Waals surface area contributed by atoms with Gasteiger partial charge in [0.05, 0.1) is 24.3 Å². The first-order valence-corrected chi connectivity index (χ1v) is 8.35. The van der Waals surface area contributed by atoms with Gasteiger partial charge in [-0.2, -0.15) is 5.26 Å². The largest absolute Gasteiger partial charge is 0.495 e. The number of hydrogen-bond donors (Lipinski definition) is 0. The Labute approximate surface area is 121 Å². The van der Waals surface area contributed by atoms with Crippen LogP contribution in [0.15, 0.2) is 27.6 Å². The van der Waals surface area contributed by atoms with Crippen LogP contribution in [0.3, 0.4) is 0 Å². The normalized spacial score (nSPS) is 16.7. The Balaban J connectivity index is 2.27. The number of hydrogen-bond acceptors (Lipinski definition) is 4. The van der Waals surface area contributed by atoms with E-state index in [0.29, 0.717) is 16.6 Å². The first kappa shape index (κ1) is 14.4. The van der Waals surface area contributed by atoms with Crippen LogP contribution in [0.2, 0.25) is 0 Å². The molecule has 19 heavy (non-hydrogen) atoms. The van der Waals surface area contributed by atoms with Crippen LogP contribution < -0.4 is 4.74 Å². The van der Waals surface area contributed by atoms with E-state index in [2.05, 4.69) is 22.0 Å². The zero-order valence-electron chi connectivity index (χ0n) is 10.5. The summed E-state index contributed by atoms with van der Waals surface area (Å²) < 4.78 is 30.4. The smallest absolute Gasteiger partial charge is 0.183 e. The average molecular weight is 344 g/mol. The summed E-state index contributed by atoms with van der Waals surface area (Å²) in [4.78, 5) is 0.172. The van der Waals surface area contributed by atoms with Gasteiger partial charge < -0.3 is 4.74 Å². The molecule has 0 aromatic heterocycles. The summed E-state index contributed by atoms with van der Waals surface area (Å²) in [6.45, 7) is 0. The highest BCUT2D eigenvalue weighted by molar-refractivity contribution is 9.10. The Hall–Kier alpha value is -1.06. The number of sulfone groups is 1. The second-order valence-electron chi connectivity index (χ2n) is 4.73. The number of nitriles is 1.